The third kappa shape index (κ3) is 6.96. The van der Waals surface area contributed by atoms with Crippen molar-refractivity contribution in [1.82, 2.24) is 34.1 Å². The molecule has 4 aromatic rings. The Morgan fingerprint density at radius 1 is 1.07 bits per heavy atom. The van der Waals surface area contributed by atoms with Crippen molar-refractivity contribution in [3.8, 4) is 17.1 Å². The molecule has 0 amide bonds. The van der Waals surface area contributed by atoms with Gasteiger partial charge in [0.2, 0.25) is 0 Å². The Bertz CT molecular complexity index is 1590. The van der Waals surface area contributed by atoms with Crippen LogP contribution in [0.3, 0.4) is 0 Å². The summed E-state index contributed by atoms with van der Waals surface area (Å²) in [6.45, 7) is -1.30. The van der Waals surface area contributed by atoms with Gasteiger partial charge in [0.05, 0.1) is 24.3 Å². The Morgan fingerprint density at radius 3 is 2.52 bits per heavy atom. The molecule has 10 nitrogen and oxygen atoms in total. The zero-order valence-corrected chi connectivity index (χ0v) is 23.3. The van der Waals surface area contributed by atoms with Gasteiger partial charge in [0, 0.05) is 23.2 Å². The van der Waals surface area contributed by atoms with Crippen LogP contribution >= 0.6 is 11.6 Å². The minimum atomic E-state index is -4.93. The third-order valence-corrected chi connectivity index (χ3v) is 7.56. The number of pyridine rings is 1. The summed E-state index contributed by atoms with van der Waals surface area (Å²) in [5.41, 5.74) is 0.555. The van der Waals surface area contributed by atoms with Crippen LogP contribution in [-0.4, -0.2) is 57.3 Å². The molecule has 3 aromatic heterocycles. The summed E-state index contributed by atoms with van der Waals surface area (Å²) >= 11 is 5.94. The van der Waals surface area contributed by atoms with E-state index in [0.29, 0.717) is 34.3 Å². The molecule has 1 atom stereocenters. The van der Waals surface area contributed by atoms with E-state index in [4.69, 9.17) is 11.6 Å². The molecular weight excluding hydrogens is 575 g/mol. The van der Waals surface area contributed by atoms with Crippen molar-refractivity contribution in [1.29, 1.82) is 0 Å². The van der Waals surface area contributed by atoms with Gasteiger partial charge in [-0.1, -0.05) is 43.7 Å². The summed E-state index contributed by atoms with van der Waals surface area (Å²) in [7, 11) is 0. The van der Waals surface area contributed by atoms with Gasteiger partial charge in [-0.15, -0.1) is 10.2 Å². The van der Waals surface area contributed by atoms with Crippen LogP contribution in [-0.2, 0) is 24.3 Å². The smallest absolute Gasteiger partial charge is 0.382 e. The van der Waals surface area contributed by atoms with E-state index in [2.05, 4.69) is 20.2 Å². The molecule has 0 aliphatic heterocycles. The summed E-state index contributed by atoms with van der Waals surface area (Å²) in [6.07, 6.45) is 1.63. The van der Waals surface area contributed by atoms with Gasteiger partial charge in [-0.25, -0.2) is 19.1 Å². The number of aliphatic hydroxyl groups is 1. The number of alkyl halides is 3. The number of hydrogen-bond donors (Lipinski definition) is 1. The molecular formula is C28H29ClF3N7O3. The largest absolute Gasteiger partial charge is 0.416 e. The molecule has 0 spiro atoms. The second-order valence-electron chi connectivity index (χ2n) is 10.4. The van der Waals surface area contributed by atoms with E-state index in [9.17, 15) is 27.9 Å². The number of aliphatic hydroxyl groups excluding tert-OH is 1. The number of rotatable bonds is 10. The van der Waals surface area contributed by atoms with Gasteiger partial charge >= 0.3 is 11.9 Å². The molecule has 1 N–H and O–H groups in total. The Hall–Kier alpha value is -3.84. The molecule has 1 fully saturated rings. The van der Waals surface area contributed by atoms with Gasteiger partial charge in [-0.05, 0) is 42.3 Å². The fourth-order valence-corrected chi connectivity index (χ4v) is 5.29. The van der Waals surface area contributed by atoms with E-state index in [1.54, 1.807) is 18.3 Å². The number of Topliss-reactive ketones (excluding diaryl/α,β-unsaturated/α-hetero) is 1. The lowest BCUT2D eigenvalue weighted by atomic mass is 9.85. The molecule has 0 saturated heterocycles. The van der Waals surface area contributed by atoms with Crippen molar-refractivity contribution in [2.75, 3.05) is 0 Å². The number of carbonyl (C=O) groups is 1. The van der Waals surface area contributed by atoms with Crippen LogP contribution in [0.15, 0.2) is 53.7 Å². The van der Waals surface area contributed by atoms with Crippen LogP contribution in [0.1, 0.15) is 50.0 Å². The molecule has 0 bridgehead atoms. The van der Waals surface area contributed by atoms with E-state index in [0.717, 1.165) is 34.9 Å². The first-order valence-electron chi connectivity index (χ1n) is 13.6. The van der Waals surface area contributed by atoms with Crippen LogP contribution in [0, 0.1) is 5.92 Å². The number of benzene rings is 1. The fraction of sp³-hybridized carbons (Fsp3) is 0.429. The van der Waals surface area contributed by atoms with Crippen molar-refractivity contribution < 1.29 is 23.1 Å². The zero-order chi connectivity index (χ0) is 29.9. The summed E-state index contributed by atoms with van der Waals surface area (Å²) in [5, 5.41) is 18.7. The first kappa shape index (κ1) is 29.6. The minimum Gasteiger partial charge on any atom is -0.382 e. The Balaban J connectivity index is 1.38. The maximum atomic E-state index is 13.2. The van der Waals surface area contributed by atoms with Gasteiger partial charge in [0.15, 0.2) is 17.8 Å². The first-order chi connectivity index (χ1) is 20.1. The van der Waals surface area contributed by atoms with Crippen LogP contribution in [0.2, 0.25) is 5.02 Å². The molecule has 5 rings (SSSR count). The number of ketones is 1. The van der Waals surface area contributed by atoms with Gasteiger partial charge in [-0.2, -0.15) is 13.2 Å². The molecule has 1 aliphatic rings. The molecule has 3 heterocycles. The van der Waals surface area contributed by atoms with E-state index >= 15 is 0 Å². The maximum absolute atomic E-state index is 13.2. The molecule has 1 aliphatic carbocycles. The summed E-state index contributed by atoms with van der Waals surface area (Å²) < 4.78 is 42.6. The Morgan fingerprint density at radius 2 is 1.81 bits per heavy atom. The molecule has 42 heavy (non-hydrogen) atoms. The van der Waals surface area contributed by atoms with Crippen LogP contribution < -0.4 is 5.69 Å². The van der Waals surface area contributed by atoms with Crippen LogP contribution in [0.5, 0.6) is 0 Å². The lowest BCUT2D eigenvalue weighted by Gasteiger charge is -2.20. The topological polar surface area (TPSA) is 121 Å². The summed E-state index contributed by atoms with van der Waals surface area (Å²) in [6, 6.07) is 9.52. The monoisotopic (exact) mass is 603 g/mol. The summed E-state index contributed by atoms with van der Waals surface area (Å²) in [5.74, 6) is 0.592. The fourth-order valence-electron chi connectivity index (χ4n) is 5.16. The Labute approximate surface area is 243 Å². The van der Waals surface area contributed by atoms with Crippen molar-refractivity contribution in [3.63, 3.8) is 0 Å². The van der Waals surface area contributed by atoms with E-state index in [-0.39, 0.29) is 30.4 Å². The van der Waals surface area contributed by atoms with Crippen molar-refractivity contribution in [2.45, 2.75) is 70.3 Å². The van der Waals surface area contributed by atoms with Crippen molar-refractivity contribution in [3.05, 3.63) is 75.9 Å². The third-order valence-electron chi connectivity index (χ3n) is 7.31. The lowest BCUT2D eigenvalue weighted by molar-refractivity contribution is -0.207. The highest BCUT2D eigenvalue weighted by Gasteiger charge is 2.39. The van der Waals surface area contributed by atoms with E-state index in [1.807, 2.05) is 0 Å². The molecule has 0 radical (unpaired) electrons. The number of hydrogen-bond acceptors (Lipinski definition) is 7. The van der Waals surface area contributed by atoms with Gasteiger partial charge in [0.1, 0.15) is 18.7 Å². The van der Waals surface area contributed by atoms with Crippen molar-refractivity contribution >= 4 is 17.4 Å². The van der Waals surface area contributed by atoms with Gasteiger partial charge in [0.25, 0.3) is 0 Å². The van der Waals surface area contributed by atoms with Gasteiger partial charge in [-0.3, -0.25) is 14.3 Å². The van der Waals surface area contributed by atoms with Crippen LogP contribution in [0.4, 0.5) is 13.2 Å². The quantitative estimate of drug-likeness (QED) is 0.285. The number of halogens is 4. The van der Waals surface area contributed by atoms with Gasteiger partial charge < -0.3 is 5.11 Å². The zero-order valence-electron chi connectivity index (χ0n) is 22.5. The molecule has 14 heteroatoms. The standard InChI is InChI=1S/C28H29ClF3N7O3/c29-20-10-8-19(9-11-20)26-36-38(27(42)37(26)15-24(41)28(30,31)32)16-25-34-17-39(35-25)23-7-4-12-33-22(23)14-21(40)13-18-5-2-1-3-6-18/h4,7-12,17-18,24,41H,1-3,5-6,13-16H2/t24-/m0/s1. The van der Waals surface area contributed by atoms with Crippen LogP contribution in [0.25, 0.3) is 17.1 Å². The minimum absolute atomic E-state index is 0.0783. The highest BCUT2D eigenvalue weighted by Crippen LogP contribution is 2.27. The normalized spacial score (nSPS) is 15.2. The highest BCUT2D eigenvalue weighted by atomic mass is 35.5. The lowest BCUT2D eigenvalue weighted by Crippen LogP contribution is -2.37. The van der Waals surface area contributed by atoms with E-state index < -0.39 is 24.5 Å². The first-order valence-corrected chi connectivity index (χ1v) is 14.0. The second kappa shape index (κ2) is 12.6. The number of carbonyl (C=O) groups excluding carboxylic acids is 1. The molecule has 222 valence electrons. The number of aromatic nitrogens is 7. The molecule has 0 unspecified atom stereocenters. The predicted octanol–water partition coefficient (Wildman–Crippen LogP) is 4.39. The van der Waals surface area contributed by atoms with Crippen molar-refractivity contribution in [2.24, 2.45) is 5.92 Å². The maximum Gasteiger partial charge on any atom is 0.416 e. The second-order valence-corrected chi connectivity index (χ2v) is 10.9. The predicted molar refractivity (Wildman–Crippen MR) is 147 cm³/mol. The molecule has 1 saturated carbocycles. The SMILES string of the molecule is O=C(Cc1ncccc1-n1cnc(Cn2nc(-c3ccc(Cl)cc3)n(C[C@H](O)C(F)(F)F)c2=O)n1)CC1CCCCC1. The highest BCUT2D eigenvalue weighted by molar-refractivity contribution is 6.30. The summed E-state index contributed by atoms with van der Waals surface area (Å²) in [4.78, 5) is 34.6. The average molecular weight is 604 g/mol. The Kier molecular flexibility index (Phi) is 8.88. The number of nitrogens with zero attached hydrogens (tertiary/aromatic N) is 7. The van der Waals surface area contributed by atoms with E-state index in [1.165, 1.54) is 41.7 Å². The average Bonchev–Trinajstić information content (AvgIpc) is 3.54. The molecule has 1 aromatic carbocycles.